The number of hydrogen-bond acceptors (Lipinski definition) is 4. The van der Waals surface area contributed by atoms with Crippen LogP contribution in [0.2, 0.25) is 0 Å². The van der Waals surface area contributed by atoms with Gasteiger partial charge in [0.15, 0.2) is 0 Å². The Bertz CT molecular complexity index is 476. The van der Waals surface area contributed by atoms with Gasteiger partial charge < -0.3 is 10.1 Å². The van der Waals surface area contributed by atoms with Gasteiger partial charge in [-0.3, -0.25) is 10.2 Å². The third kappa shape index (κ3) is 4.29. The van der Waals surface area contributed by atoms with Gasteiger partial charge in [-0.2, -0.15) is 0 Å². The number of amides is 1. The van der Waals surface area contributed by atoms with Gasteiger partial charge in [0.25, 0.3) is 0 Å². The number of benzene rings is 1. The number of ether oxygens (including phenoxy) is 1. The summed E-state index contributed by atoms with van der Waals surface area (Å²) in [4.78, 5) is 12.3. The van der Waals surface area contributed by atoms with Crippen molar-refractivity contribution in [3.63, 3.8) is 0 Å². The summed E-state index contributed by atoms with van der Waals surface area (Å²) in [5, 5.41) is 3.03. The first-order chi connectivity index (χ1) is 10.8. The standard InChI is InChI=1S/C17H25N3O2/c21-17(18-9-4-10-22-12-13-7-8-13)15-11-19-20-16(15)14-5-2-1-3-6-14/h1-3,5-6,13,15-16,19-20H,4,7-12H2,(H,18,21). The quantitative estimate of drug-likeness (QED) is 0.635. The fourth-order valence-corrected chi connectivity index (χ4v) is 2.77. The second kappa shape index (κ2) is 7.72. The molecule has 1 aromatic rings. The van der Waals surface area contributed by atoms with Crippen LogP contribution in [0.4, 0.5) is 0 Å². The van der Waals surface area contributed by atoms with Gasteiger partial charge in [-0.15, -0.1) is 0 Å². The van der Waals surface area contributed by atoms with E-state index in [1.165, 1.54) is 12.8 Å². The van der Waals surface area contributed by atoms with Crippen molar-refractivity contribution in [1.29, 1.82) is 0 Å². The molecule has 2 fully saturated rings. The zero-order valence-corrected chi connectivity index (χ0v) is 12.9. The van der Waals surface area contributed by atoms with E-state index in [0.29, 0.717) is 13.1 Å². The minimum Gasteiger partial charge on any atom is -0.381 e. The van der Waals surface area contributed by atoms with Gasteiger partial charge in [-0.05, 0) is 30.7 Å². The Morgan fingerprint density at radius 2 is 2.09 bits per heavy atom. The van der Waals surface area contributed by atoms with Crippen molar-refractivity contribution in [3.8, 4) is 0 Å². The molecule has 0 bridgehead atoms. The molecule has 1 saturated heterocycles. The molecule has 0 aromatic heterocycles. The van der Waals surface area contributed by atoms with Crippen molar-refractivity contribution in [2.75, 3.05) is 26.3 Å². The highest BCUT2D eigenvalue weighted by atomic mass is 16.5. The predicted octanol–water partition coefficient (Wildman–Crippen LogP) is 1.38. The van der Waals surface area contributed by atoms with Gasteiger partial charge in [0, 0.05) is 26.3 Å². The fourth-order valence-electron chi connectivity index (χ4n) is 2.77. The van der Waals surface area contributed by atoms with Crippen molar-refractivity contribution in [2.24, 2.45) is 11.8 Å². The first-order valence-corrected chi connectivity index (χ1v) is 8.23. The topological polar surface area (TPSA) is 62.4 Å². The molecule has 1 aliphatic heterocycles. The maximum atomic E-state index is 12.3. The highest BCUT2D eigenvalue weighted by Crippen LogP contribution is 2.28. The molecule has 0 spiro atoms. The number of hydrazine groups is 1. The third-order valence-corrected chi connectivity index (χ3v) is 4.29. The van der Waals surface area contributed by atoms with Gasteiger partial charge in [0.05, 0.1) is 12.0 Å². The van der Waals surface area contributed by atoms with Gasteiger partial charge in [-0.1, -0.05) is 30.3 Å². The van der Waals surface area contributed by atoms with E-state index in [4.69, 9.17) is 4.74 Å². The molecule has 120 valence electrons. The zero-order chi connectivity index (χ0) is 15.2. The smallest absolute Gasteiger partial charge is 0.226 e. The van der Waals surface area contributed by atoms with Crippen molar-refractivity contribution >= 4 is 5.91 Å². The Labute approximate surface area is 131 Å². The number of hydrogen-bond donors (Lipinski definition) is 3. The minimum atomic E-state index is -0.0743. The van der Waals surface area contributed by atoms with Crippen LogP contribution in [0.3, 0.4) is 0 Å². The van der Waals surface area contributed by atoms with Crippen molar-refractivity contribution in [3.05, 3.63) is 35.9 Å². The largest absolute Gasteiger partial charge is 0.381 e. The minimum absolute atomic E-state index is 0.0346. The molecule has 3 rings (SSSR count). The molecule has 0 radical (unpaired) electrons. The summed E-state index contributed by atoms with van der Waals surface area (Å²) in [6.07, 6.45) is 3.51. The molecule has 2 aliphatic rings. The Hall–Kier alpha value is -1.43. The SMILES string of the molecule is O=C(NCCCOCC1CC1)C1CNNC1c1ccccc1. The van der Waals surface area contributed by atoms with E-state index in [2.05, 4.69) is 28.3 Å². The summed E-state index contributed by atoms with van der Waals surface area (Å²) >= 11 is 0. The van der Waals surface area contributed by atoms with E-state index in [1.54, 1.807) is 0 Å². The lowest BCUT2D eigenvalue weighted by molar-refractivity contribution is -0.125. The zero-order valence-electron chi connectivity index (χ0n) is 12.9. The molecule has 2 unspecified atom stereocenters. The average Bonchev–Trinajstić information content (AvgIpc) is 3.24. The molecule has 5 heteroatoms. The molecule has 1 heterocycles. The average molecular weight is 303 g/mol. The molecule has 1 aliphatic carbocycles. The predicted molar refractivity (Wildman–Crippen MR) is 85.0 cm³/mol. The Morgan fingerprint density at radius 3 is 2.86 bits per heavy atom. The van der Waals surface area contributed by atoms with E-state index in [-0.39, 0.29) is 17.9 Å². The molecule has 1 amide bonds. The number of carbonyl (C=O) groups excluding carboxylic acids is 1. The Kier molecular flexibility index (Phi) is 5.43. The molecule has 22 heavy (non-hydrogen) atoms. The lowest BCUT2D eigenvalue weighted by atomic mass is 9.94. The van der Waals surface area contributed by atoms with E-state index in [9.17, 15) is 4.79 Å². The molecular weight excluding hydrogens is 278 g/mol. The second-order valence-electron chi connectivity index (χ2n) is 6.18. The lowest BCUT2D eigenvalue weighted by Gasteiger charge is -2.18. The maximum Gasteiger partial charge on any atom is 0.226 e. The first kappa shape index (κ1) is 15.5. The van der Waals surface area contributed by atoms with Gasteiger partial charge >= 0.3 is 0 Å². The summed E-state index contributed by atoms with van der Waals surface area (Å²) in [5.41, 5.74) is 7.43. The van der Waals surface area contributed by atoms with Crippen LogP contribution in [0, 0.1) is 11.8 Å². The van der Waals surface area contributed by atoms with Crippen molar-refractivity contribution in [1.82, 2.24) is 16.2 Å². The normalized spacial score (nSPS) is 24.4. The van der Waals surface area contributed by atoms with Crippen molar-refractivity contribution < 1.29 is 9.53 Å². The summed E-state index contributed by atoms with van der Waals surface area (Å²) in [7, 11) is 0. The highest BCUT2D eigenvalue weighted by molar-refractivity contribution is 5.80. The molecule has 1 aromatic carbocycles. The Morgan fingerprint density at radius 1 is 1.27 bits per heavy atom. The number of carbonyl (C=O) groups is 1. The van der Waals surface area contributed by atoms with Crippen LogP contribution in [0.5, 0.6) is 0 Å². The summed E-state index contributed by atoms with van der Waals surface area (Å²) < 4.78 is 5.58. The van der Waals surface area contributed by atoms with Gasteiger partial charge in [0.1, 0.15) is 0 Å². The van der Waals surface area contributed by atoms with Crippen LogP contribution in [0.25, 0.3) is 0 Å². The number of rotatable bonds is 8. The fraction of sp³-hybridized carbons (Fsp3) is 0.588. The van der Waals surface area contributed by atoms with E-state index in [1.807, 2.05) is 18.2 Å². The van der Waals surface area contributed by atoms with Gasteiger partial charge in [-0.25, -0.2) is 5.43 Å². The van der Waals surface area contributed by atoms with Crippen LogP contribution in [-0.4, -0.2) is 32.2 Å². The van der Waals surface area contributed by atoms with Crippen molar-refractivity contribution in [2.45, 2.75) is 25.3 Å². The van der Waals surface area contributed by atoms with Crippen LogP contribution in [0.1, 0.15) is 30.9 Å². The molecule has 5 nitrogen and oxygen atoms in total. The van der Waals surface area contributed by atoms with Gasteiger partial charge in [0.2, 0.25) is 5.91 Å². The second-order valence-corrected chi connectivity index (χ2v) is 6.18. The monoisotopic (exact) mass is 303 g/mol. The van der Waals surface area contributed by atoms with Crippen LogP contribution in [-0.2, 0) is 9.53 Å². The van der Waals surface area contributed by atoms with E-state index in [0.717, 1.165) is 31.1 Å². The van der Waals surface area contributed by atoms with Crippen LogP contribution < -0.4 is 16.2 Å². The van der Waals surface area contributed by atoms with Crippen LogP contribution in [0.15, 0.2) is 30.3 Å². The summed E-state index contributed by atoms with van der Waals surface area (Å²) in [6, 6.07) is 10.1. The third-order valence-electron chi connectivity index (χ3n) is 4.29. The van der Waals surface area contributed by atoms with Crippen LogP contribution >= 0.6 is 0 Å². The molecular formula is C17H25N3O2. The van der Waals surface area contributed by atoms with E-state index >= 15 is 0 Å². The molecule has 2 atom stereocenters. The highest BCUT2D eigenvalue weighted by Gasteiger charge is 2.33. The first-order valence-electron chi connectivity index (χ1n) is 8.23. The molecule has 3 N–H and O–H groups in total. The summed E-state index contributed by atoms with van der Waals surface area (Å²) in [5.74, 6) is 0.834. The maximum absolute atomic E-state index is 12.3. The number of nitrogens with one attached hydrogen (secondary N) is 3. The Balaban J connectivity index is 1.38. The lowest BCUT2D eigenvalue weighted by Crippen LogP contribution is -2.35. The molecule has 1 saturated carbocycles. The van der Waals surface area contributed by atoms with E-state index < -0.39 is 0 Å². The summed E-state index contributed by atoms with van der Waals surface area (Å²) in [6.45, 7) is 2.96.